The highest BCUT2D eigenvalue weighted by atomic mass is 35.5. The van der Waals surface area contributed by atoms with Gasteiger partial charge in [0.25, 0.3) is 10.0 Å². The molecule has 0 saturated carbocycles. The molecule has 32 heavy (non-hydrogen) atoms. The zero-order valence-electron chi connectivity index (χ0n) is 17.2. The first-order valence-corrected chi connectivity index (χ1v) is 12.0. The summed E-state index contributed by atoms with van der Waals surface area (Å²) in [6.45, 7) is 2.64. The van der Waals surface area contributed by atoms with Crippen molar-refractivity contribution in [3.8, 4) is 17.2 Å². The van der Waals surface area contributed by atoms with Gasteiger partial charge in [0.2, 0.25) is 5.75 Å². The number of fused-ring (bicyclic) bond motifs is 1. The van der Waals surface area contributed by atoms with Crippen molar-refractivity contribution < 1.29 is 22.6 Å². The minimum Gasteiger partial charge on any atom is -0.488 e. The summed E-state index contributed by atoms with van der Waals surface area (Å²) in [5, 5.41) is 3.65. The maximum absolute atomic E-state index is 12.6. The first-order valence-electron chi connectivity index (χ1n) is 10.1. The van der Waals surface area contributed by atoms with Crippen molar-refractivity contribution in [2.45, 2.75) is 11.4 Å². The molecule has 1 aliphatic rings. The van der Waals surface area contributed by atoms with Crippen LogP contribution in [0.1, 0.15) is 5.56 Å². The highest BCUT2D eigenvalue weighted by Gasteiger charge is 2.17. The van der Waals surface area contributed by atoms with Gasteiger partial charge < -0.3 is 19.5 Å². The van der Waals surface area contributed by atoms with E-state index in [2.05, 4.69) is 10.0 Å². The smallest absolute Gasteiger partial charge is 0.261 e. The Hall–Kier alpha value is -2.94. The van der Waals surface area contributed by atoms with Crippen molar-refractivity contribution >= 4 is 27.3 Å². The second-order valence-electron chi connectivity index (χ2n) is 7.07. The molecule has 0 bridgehead atoms. The van der Waals surface area contributed by atoms with E-state index in [1.54, 1.807) is 30.3 Å². The number of nitrogens with one attached hydrogen (secondary N) is 2. The second kappa shape index (κ2) is 10.1. The van der Waals surface area contributed by atoms with E-state index < -0.39 is 10.0 Å². The normalized spacial score (nSPS) is 12.9. The van der Waals surface area contributed by atoms with Gasteiger partial charge in [-0.2, -0.15) is 0 Å². The SMILES string of the molecule is O=S(=O)(Nc1cccc(CNCCOc2cccc3c2OCCO3)c1)c1cccc(Cl)c1. The Labute approximate surface area is 192 Å². The van der Waals surface area contributed by atoms with Crippen LogP contribution in [-0.4, -0.2) is 34.8 Å². The van der Waals surface area contributed by atoms with Gasteiger partial charge in [-0.1, -0.05) is 35.9 Å². The summed E-state index contributed by atoms with van der Waals surface area (Å²) in [5.74, 6) is 1.98. The lowest BCUT2D eigenvalue weighted by molar-refractivity contribution is 0.162. The molecule has 0 spiro atoms. The molecule has 0 atom stereocenters. The third kappa shape index (κ3) is 5.64. The van der Waals surface area contributed by atoms with Crippen molar-refractivity contribution in [3.63, 3.8) is 0 Å². The lowest BCUT2D eigenvalue weighted by Crippen LogP contribution is -2.21. The summed E-state index contributed by atoms with van der Waals surface area (Å²) in [7, 11) is -3.72. The number of rotatable bonds is 9. The molecule has 1 heterocycles. The summed E-state index contributed by atoms with van der Waals surface area (Å²) in [4.78, 5) is 0.114. The Morgan fingerprint density at radius 2 is 1.78 bits per heavy atom. The number of para-hydroxylation sites is 1. The van der Waals surface area contributed by atoms with Gasteiger partial charge in [0.05, 0.1) is 4.90 Å². The van der Waals surface area contributed by atoms with Crippen molar-refractivity contribution in [2.24, 2.45) is 0 Å². The molecule has 3 aromatic rings. The van der Waals surface area contributed by atoms with Crippen LogP contribution >= 0.6 is 11.6 Å². The average Bonchev–Trinajstić information content (AvgIpc) is 2.79. The third-order valence-electron chi connectivity index (χ3n) is 4.68. The number of sulfonamides is 1. The van der Waals surface area contributed by atoms with Crippen LogP contribution in [0, 0.1) is 0 Å². The van der Waals surface area contributed by atoms with Crippen LogP contribution in [0.5, 0.6) is 17.2 Å². The van der Waals surface area contributed by atoms with Crippen LogP contribution in [-0.2, 0) is 16.6 Å². The van der Waals surface area contributed by atoms with Crippen LogP contribution in [0.15, 0.2) is 71.6 Å². The van der Waals surface area contributed by atoms with E-state index in [1.807, 2.05) is 24.3 Å². The fourth-order valence-electron chi connectivity index (χ4n) is 3.22. The number of benzene rings is 3. The van der Waals surface area contributed by atoms with Crippen LogP contribution < -0.4 is 24.2 Å². The average molecular weight is 475 g/mol. The van der Waals surface area contributed by atoms with Gasteiger partial charge in [-0.05, 0) is 48.0 Å². The number of anilines is 1. The molecule has 0 unspecified atom stereocenters. The summed E-state index contributed by atoms with van der Waals surface area (Å²) in [6.07, 6.45) is 0. The predicted molar refractivity (Wildman–Crippen MR) is 123 cm³/mol. The van der Waals surface area contributed by atoms with Crippen LogP contribution in [0.2, 0.25) is 5.02 Å². The molecule has 0 amide bonds. The van der Waals surface area contributed by atoms with Crippen LogP contribution in [0.3, 0.4) is 0 Å². The van der Waals surface area contributed by atoms with Crippen molar-refractivity contribution in [3.05, 3.63) is 77.3 Å². The number of ether oxygens (including phenoxy) is 3. The van der Waals surface area contributed by atoms with E-state index in [9.17, 15) is 8.42 Å². The van der Waals surface area contributed by atoms with E-state index in [0.717, 1.165) is 5.56 Å². The maximum atomic E-state index is 12.6. The number of halogens is 1. The Kier molecular flexibility index (Phi) is 7.04. The standard InChI is InChI=1S/C23H23ClN2O5S/c24-18-5-2-7-20(15-18)32(27,28)26-19-6-1-4-17(14-19)16-25-10-11-29-21-8-3-9-22-23(21)31-13-12-30-22/h1-9,14-15,25-26H,10-13,16H2. The lowest BCUT2D eigenvalue weighted by atomic mass is 10.2. The topological polar surface area (TPSA) is 85.9 Å². The molecule has 0 aliphatic carbocycles. The summed E-state index contributed by atoms with van der Waals surface area (Å²) < 4.78 is 44.8. The highest BCUT2D eigenvalue weighted by molar-refractivity contribution is 7.92. The largest absolute Gasteiger partial charge is 0.488 e. The minimum absolute atomic E-state index is 0.114. The number of hydrogen-bond donors (Lipinski definition) is 2. The predicted octanol–water partition coefficient (Wildman–Crippen LogP) is 4.08. The fraction of sp³-hybridized carbons (Fsp3) is 0.217. The van der Waals surface area contributed by atoms with Crippen molar-refractivity contribution in [2.75, 3.05) is 31.1 Å². The summed E-state index contributed by atoms with van der Waals surface area (Å²) >= 11 is 5.91. The van der Waals surface area contributed by atoms with E-state index in [1.165, 1.54) is 12.1 Å². The summed E-state index contributed by atoms with van der Waals surface area (Å²) in [5.41, 5.74) is 1.42. The van der Waals surface area contributed by atoms with Crippen LogP contribution in [0.25, 0.3) is 0 Å². The molecule has 168 valence electrons. The van der Waals surface area contributed by atoms with E-state index >= 15 is 0 Å². The van der Waals surface area contributed by atoms with E-state index in [4.69, 9.17) is 25.8 Å². The molecule has 0 saturated heterocycles. The van der Waals surface area contributed by atoms with E-state index in [-0.39, 0.29) is 4.90 Å². The fourth-order valence-corrected chi connectivity index (χ4v) is 4.57. The van der Waals surface area contributed by atoms with Gasteiger partial charge in [0.1, 0.15) is 19.8 Å². The molecule has 7 nitrogen and oxygen atoms in total. The van der Waals surface area contributed by atoms with E-state index in [0.29, 0.717) is 60.9 Å². The maximum Gasteiger partial charge on any atom is 0.261 e. The molecule has 0 fully saturated rings. The third-order valence-corrected chi connectivity index (χ3v) is 6.30. The highest BCUT2D eigenvalue weighted by Crippen LogP contribution is 2.38. The lowest BCUT2D eigenvalue weighted by Gasteiger charge is -2.20. The monoisotopic (exact) mass is 474 g/mol. The van der Waals surface area contributed by atoms with Gasteiger partial charge in [-0.3, -0.25) is 4.72 Å². The molecular formula is C23H23ClN2O5S. The molecule has 0 radical (unpaired) electrons. The minimum atomic E-state index is -3.72. The van der Waals surface area contributed by atoms with Crippen LogP contribution in [0.4, 0.5) is 5.69 Å². The Morgan fingerprint density at radius 1 is 0.969 bits per heavy atom. The van der Waals surface area contributed by atoms with Gasteiger partial charge in [-0.15, -0.1) is 0 Å². The Balaban J connectivity index is 1.28. The zero-order chi connectivity index (χ0) is 22.4. The van der Waals surface area contributed by atoms with Crippen molar-refractivity contribution in [1.29, 1.82) is 0 Å². The zero-order valence-corrected chi connectivity index (χ0v) is 18.8. The van der Waals surface area contributed by atoms with Gasteiger partial charge in [0.15, 0.2) is 11.5 Å². The second-order valence-corrected chi connectivity index (χ2v) is 9.19. The van der Waals surface area contributed by atoms with Crippen molar-refractivity contribution in [1.82, 2.24) is 5.32 Å². The first kappa shape index (κ1) is 22.3. The molecule has 9 heteroatoms. The molecule has 4 rings (SSSR count). The molecule has 1 aliphatic heterocycles. The first-order chi connectivity index (χ1) is 15.5. The quantitative estimate of drug-likeness (QED) is 0.454. The van der Waals surface area contributed by atoms with Gasteiger partial charge in [0, 0.05) is 23.8 Å². The molecule has 3 aromatic carbocycles. The Bertz CT molecular complexity index is 1190. The summed E-state index contributed by atoms with van der Waals surface area (Å²) in [6, 6.07) is 18.9. The molecule has 2 N–H and O–H groups in total. The Morgan fingerprint density at radius 3 is 2.66 bits per heavy atom. The van der Waals surface area contributed by atoms with Gasteiger partial charge >= 0.3 is 0 Å². The number of hydrogen-bond acceptors (Lipinski definition) is 6. The molecular weight excluding hydrogens is 452 g/mol. The molecule has 0 aromatic heterocycles. The van der Waals surface area contributed by atoms with Gasteiger partial charge in [-0.25, -0.2) is 8.42 Å².